The molecule has 1 saturated heterocycles. The molecule has 1 aliphatic heterocycles. The summed E-state index contributed by atoms with van der Waals surface area (Å²) in [6.07, 6.45) is 8.38. The zero-order chi connectivity index (χ0) is 10.4. The predicted molar refractivity (Wildman–Crippen MR) is 63.6 cm³/mol. The second kappa shape index (κ2) is 6.44. The number of hydrogen-bond acceptors (Lipinski definition) is 1. The lowest BCUT2D eigenvalue weighted by molar-refractivity contribution is 0.119. The summed E-state index contributed by atoms with van der Waals surface area (Å²) in [5.41, 5.74) is 0. The molecule has 14 heavy (non-hydrogen) atoms. The predicted octanol–water partition coefficient (Wildman–Crippen LogP) is 3.69. The number of rotatable bonds is 5. The van der Waals surface area contributed by atoms with Gasteiger partial charge in [0.2, 0.25) is 0 Å². The normalized spacial score (nSPS) is 26.4. The first-order valence-corrected chi connectivity index (χ1v) is 6.52. The topological polar surface area (TPSA) is 3.24 Å². The molecule has 0 spiro atoms. The average molecular weight is 197 g/mol. The molecule has 0 aromatic rings. The van der Waals surface area contributed by atoms with Crippen LogP contribution < -0.4 is 0 Å². The van der Waals surface area contributed by atoms with Crippen molar-refractivity contribution >= 4 is 0 Å². The number of unbranched alkanes of at least 4 members (excludes halogenated alkanes) is 1. The fourth-order valence-electron chi connectivity index (χ4n) is 2.64. The Balaban J connectivity index is 2.34. The van der Waals surface area contributed by atoms with Crippen molar-refractivity contribution in [2.24, 2.45) is 5.92 Å². The third kappa shape index (κ3) is 3.61. The Hall–Kier alpha value is -0.0400. The van der Waals surface area contributed by atoms with Crippen LogP contribution in [0.3, 0.4) is 0 Å². The maximum Gasteiger partial charge on any atom is 0.00927 e. The van der Waals surface area contributed by atoms with Gasteiger partial charge in [-0.1, -0.05) is 33.6 Å². The van der Waals surface area contributed by atoms with Crippen molar-refractivity contribution < 1.29 is 0 Å². The van der Waals surface area contributed by atoms with E-state index in [2.05, 4.69) is 25.7 Å². The molecule has 0 amide bonds. The Kier molecular flexibility index (Phi) is 5.54. The molecule has 1 nitrogen and oxygen atoms in total. The van der Waals surface area contributed by atoms with Crippen LogP contribution in [0, 0.1) is 5.92 Å². The summed E-state index contributed by atoms with van der Waals surface area (Å²) in [5, 5.41) is 0. The Morgan fingerprint density at radius 3 is 2.71 bits per heavy atom. The molecule has 0 N–H and O–H groups in total. The van der Waals surface area contributed by atoms with E-state index < -0.39 is 0 Å². The highest BCUT2D eigenvalue weighted by molar-refractivity contribution is 4.76. The van der Waals surface area contributed by atoms with Crippen molar-refractivity contribution in [3.05, 3.63) is 0 Å². The molecule has 0 bridgehead atoms. The maximum absolute atomic E-state index is 2.74. The molecule has 1 heteroatoms. The monoisotopic (exact) mass is 197 g/mol. The third-order valence-electron chi connectivity index (χ3n) is 3.57. The number of likely N-dealkylation sites (tertiary alicyclic amines) is 1. The van der Waals surface area contributed by atoms with Crippen LogP contribution in [0.5, 0.6) is 0 Å². The second-order valence-corrected chi connectivity index (χ2v) is 4.95. The van der Waals surface area contributed by atoms with E-state index in [9.17, 15) is 0 Å². The van der Waals surface area contributed by atoms with Crippen LogP contribution in [0.2, 0.25) is 0 Å². The first kappa shape index (κ1) is 12.0. The molecule has 1 rings (SSSR count). The molecule has 1 aliphatic rings. The lowest BCUT2D eigenvalue weighted by Crippen LogP contribution is -2.41. The van der Waals surface area contributed by atoms with Gasteiger partial charge in [0.05, 0.1) is 0 Å². The van der Waals surface area contributed by atoms with E-state index in [1.807, 2.05) is 0 Å². The smallest absolute Gasteiger partial charge is 0.00927 e. The van der Waals surface area contributed by atoms with E-state index in [1.54, 1.807) is 0 Å². The number of nitrogens with zero attached hydrogens (tertiary/aromatic N) is 1. The van der Waals surface area contributed by atoms with Gasteiger partial charge in [-0.2, -0.15) is 0 Å². The summed E-state index contributed by atoms with van der Waals surface area (Å²) < 4.78 is 0. The van der Waals surface area contributed by atoms with Crippen LogP contribution in [-0.2, 0) is 0 Å². The highest BCUT2D eigenvalue weighted by Crippen LogP contribution is 2.21. The van der Waals surface area contributed by atoms with Gasteiger partial charge in [0.15, 0.2) is 0 Å². The van der Waals surface area contributed by atoms with Gasteiger partial charge in [-0.3, -0.25) is 0 Å². The summed E-state index contributed by atoms with van der Waals surface area (Å²) >= 11 is 0. The molecule has 0 radical (unpaired) electrons. The van der Waals surface area contributed by atoms with Gasteiger partial charge >= 0.3 is 0 Å². The van der Waals surface area contributed by atoms with E-state index in [0.717, 1.165) is 12.0 Å². The van der Waals surface area contributed by atoms with Crippen LogP contribution in [-0.4, -0.2) is 24.0 Å². The standard InChI is InChI=1S/C13H27N/c1-4-6-9-13(5-2)14-10-7-8-12(3)11-14/h12-13H,4-11H2,1-3H3. The second-order valence-electron chi connectivity index (χ2n) is 4.95. The number of piperidine rings is 1. The lowest BCUT2D eigenvalue weighted by atomic mass is 9.96. The third-order valence-corrected chi connectivity index (χ3v) is 3.57. The number of hydrogen-bond donors (Lipinski definition) is 0. The first-order valence-electron chi connectivity index (χ1n) is 6.52. The fourth-order valence-corrected chi connectivity index (χ4v) is 2.64. The minimum atomic E-state index is 0.873. The van der Waals surface area contributed by atoms with Crippen LogP contribution in [0.4, 0.5) is 0 Å². The van der Waals surface area contributed by atoms with E-state index >= 15 is 0 Å². The largest absolute Gasteiger partial charge is 0.300 e. The van der Waals surface area contributed by atoms with Gasteiger partial charge in [0.1, 0.15) is 0 Å². The van der Waals surface area contributed by atoms with E-state index in [-0.39, 0.29) is 0 Å². The fraction of sp³-hybridized carbons (Fsp3) is 1.00. The highest BCUT2D eigenvalue weighted by atomic mass is 15.2. The highest BCUT2D eigenvalue weighted by Gasteiger charge is 2.21. The summed E-state index contributed by atoms with van der Waals surface area (Å²) in [5.74, 6) is 0.930. The van der Waals surface area contributed by atoms with E-state index in [0.29, 0.717) is 0 Å². The molecule has 1 heterocycles. The van der Waals surface area contributed by atoms with E-state index in [4.69, 9.17) is 0 Å². The zero-order valence-corrected chi connectivity index (χ0v) is 10.3. The van der Waals surface area contributed by atoms with Gasteiger partial charge < -0.3 is 4.90 Å². The molecule has 84 valence electrons. The minimum absolute atomic E-state index is 0.873. The quantitative estimate of drug-likeness (QED) is 0.650. The Morgan fingerprint density at radius 2 is 2.14 bits per heavy atom. The van der Waals surface area contributed by atoms with Crippen LogP contribution >= 0.6 is 0 Å². The molecule has 0 saturated carbocycles. The van der Waals surface area contributed by atoms with Crippen molar-refractivity contribution in [2.45, 2.75) is 65.3 Å². The van der Waals surface area contributed by atoms with Crippen molar-refractivity contribution in [1.29, 1.82) is 0 Å². The Labute approximate surface area is 89.9 Å². The lowest BCUT2D eigenvalue weighted by Gasteiger charge is -2.37. The molecule has 2 atom stereocenters. The van der Waals surface area contributed by atoms with Gasteiger partial charge in [-0.05, 0) is 38.1 Å². The Bertz CT molecular complexity index is 144. The van der Waals surface area contributed by atoms with Crippen molar-refractivity contribution in [3.63, 3.8) is 0 Å². The van der Waals surface area contributed by atoms with Crippen LogP contribution in [0.15, 0.2) is 0 Å². The van der Waals surface area contributed by atoms with Gasteiger partial charge in [-0.25, -0.2) is 0 Å². The average Bonchev–Trinajstić information content (AvgIpc) is 2.19. The van der Waals surface area contributed by atoms with E-state index in [1.165, 1.54) is 51.6 Å². The molecular formula is C13H27N. The van der Waals surface area contributed by atoms with Crippen LogP contribution in [0.1, 0.15) is 59.3 Å². The molecule has 2 unspecified atom stereocenters. The minimum Gasteiger partial charge on any atom is -0.300 e. The van der Waals surface area contributed by atoms with Crippen molar-refractivity contribution in [1.82, 2.24) is 4.90 Å². The molecule has 0 aromatic heterocycles. The van der Waals surface area contributed by atoms with Gasteiger partial charge in [-0.15, -0.1) is 0 Å². The summed E-state index contributed by atoms with van der Waals surface area (Å²) in [6, 6.07) is 0.873. The summed E-state index contributed by atoms with van der Waals surface area (Å²) in [4.78, 5) is 2.74. The molecule has 0 aromatic carbocycles. The Morgan fingerprint density at radius 1 is 1.36 bits per heavy atom. The SMILES string of the molecule is CCCCC(CC)N1CCCC(C)C1. The summed E-state index contributed by atoms with van der Waals surface area (Å²) in [6.45, 7) is 9.75. The zero-order valence-electron chi connectivity index (χ0n) is 10.3. The van der Waals surface area contributed by atoms with Gasteiger partial charge in [0.25, 0.3) is 0 Å². The first-order chi connectivity index (χ1) is 6.77. The maximum atomic E-state index is 2.74. The van der Waals surface area contributed by atoms with Gasteiger partial charge in [0, 0.05) is 12.6 Å². The van der Waals surface area contributed by atoms with Crippen LogP contribution in [0.25, 0.3) is 0 Å². The molecule has 0 aliphatic carbocycles. The van der Waals surface area contributed by atoms with Crippen molar-refractivity contribution in [2.75, 3.05) is 13.1 Å². The summed E-state index contributed by atoms with van der Waals surface area (Å²) in [7, 11) is 0. The molecule has 1 fully saturated rings. The molecular weight excluding hydrogens is 170 g/mol. The van der Waals surface area contributed by atoms with Crippen molar-refractivity contribution in [3.8, 4) is 0 Å².